The smallest absolute Gasteiger partial charge is 0.268 e. The molecule has 2 aromatic carbocycles. The van der Waals surface area contributed by atoms with Crippen LogP contribution in [-0.2, 0) is 17.9 Å². The Balaban J connectivity index is 1.78. The number of hydrogen-bond acceptors (Lipinski definition) is 7. The van der Waals surface area contributed by atoms with E-state index in [0.29, 0.717) is 25.4 Å². The maximum absolute atomic E-state index is 13.4. The molecule has 1 atom stereocenters. The first-order valence-corrected chi connectivity index (χ1v) is 11.9. The molecular weight excluding hydrogens is 474 g/mol. The second-order valence-electron chi connectivity index (χ2n) is 8.48. The van der Waals surface area contributed by atoms with Crippen molar-refractivity contribution >= 4 is 5.78 Å². The Morgan fingerprint density at radius 2 is 1.65 bits per heavy atom. The van der Waals surface area contributed by atoms with E-state index in [1.54, 1.807) is 38.3 Å². The van der Waals surface area contributed by atoms with Crippen molar-refractivity contribution in [2.75, 3.05) is 27.9 Å². The lowest BCUT2D eigenvalue weighted by Gasteiger charge is -2.19. The molecule has 1 unspecified atom stereocenters. The van der Waals surface area contributed by atoms with Gasteiger partial charge in [-0.2, -0.15) is 0 Å². The van der Waals surface area contributed by atoms with E-state index in [9.17, 15) is 14.7 Å². The quantitative estimate of drug-likeness (QED) is 0.205. The number of methoxy groups -OCH3 is 3. The van der Waals surface area contributed by atoms with Crippen LogP contribution in [0, 0.1) is 5.92 Å². The molecule has 1 N–H and O–H groups in total. The lowest BCUT2D eigenvalue weighted by molar-refractivity contribution is 0.0924. The highest BCUT2D eigenvalue weighted by atomic mass is 16.5. The molecule has 0 saturated carbocycles. The number of hydrogen-bond donors (Lipinski definition) is 1. The fraction of sp³-hybridized carbons (Fsp3) is 0.310. The van der Waals surface area contributed by atoms with Gasteiger partial charge in [-0.25, -0.2) is 0 Å². The monoisotopic (exact) mass is 507 g/mol. The molecule has 0 aliphatic heterocycles. The molecule has 0 bridgehead atoms. The maximum Gasteiger partial charge on any atom is 0.268 e. The van der Waals surface area contributed by atoms with Gasteiger partial charge in [0.15, 0.2) is 11.5 Å². The minimum atomic E-state index is -0.655. The van der Waals surface area contributed by atoms with Gasteiger partial charge in [0.1, 0.15) is 11.3 Å². The zero-order valence-electron chi connectivity index (χ0n) is 21.6. The van der Waals surface area contributed by atoms with Gasteiger partial charge in [-0.15, -0.1) is 0 Å². The fourth-order valence-electron chi connectivity index (χ4n) is 3.87. The number of aromatic hydroxyl groups is 1. The van der Waals surface area contributed by atoms with Gasteiger partial charge >= 0.3 is 0 Å². The third kappa shape index (κ3) is 6.80. The summed E-state index contributed by atoms with van der Waals surface area (Å²) in [5.41, 5.74) is 0.874. The summed E-state index contributed by atoms with van der Waals surface area (Å²) in [5.74, 6) is -0.938. The molecule has 8 heteroatoms. The number of pyridine rings is 1. The number of allylic oxidation sites excluding steroid dienone is 1. The number of rotatable bonds is 13. The largest absolute Gasteiger partial charge is 0.503 e. The predicted octanol–water partition coefficient (Wildman–Crippen LogP) is 4.61. The number of ether oxygens (including phenoxy) is 4. The van der Waals surface area contributed by atoms with Crippen molar-refractivity contribution in [3.8, 4) is 23.1 Å². The summed E-state index contributed by atoms with van der Waals surface area (Å²) in [4.78, 5) is 26.7. The molecule has 8 nitrogen and oxygen atoms in total. The van der Waals surface area contributed by atoms with Gasteiger partial charge in [-0.3, -0.25) is 14.2 Å². The first-order chi connectivity index (χ1) is 17.9. The minimum absolute atomic E-state index is 0.0282. The molecule has 3 rings (SSSR count). The SMILES string of the molecule is COc1ccc(Cn2c(OC)c(OC)c(O)c(C(=O)C(C)C/C=C\COCc3ccccc3)c2=O)cc1. The number of carbonyl (C=O) groups excluding carboxylic acids is 1. The molecule has 0 saturated heterocycles. The molecule has 0 amide bonds. The minimum Gasteiger partial charge on any atom is -0.503 e. The number of Topliss-reactive ketones (excluding diaryl/α,β-unsaturated/α-hetero) is 1. The summed E-state index contributed by atoms with van der Waals surface area (Å²) in [6, 6.07) is 17.0. The van der Waals surface area contributed by atoms with Gasteiger partial charge in [0.2, 0.25) is 11.6 Å². The van der Waals surface area contributed by atoms with Gasteiger partial charge in [0, 0.05) is 5.92 Å². The Morgan fingerprint density at radius 3 is 2.27 bits per heavy atom. The fourth-order valence-corrected chi connectivity index (χ4v) is 3.87. The van der Waals surface area contributed by atoms with Crippen molar-refractivity contribution < 1.29 is 28.8 Å². The lowest BCUT2D eigenvalue weighted by Crippen LogP contribution is -2.30. The van der Waals surface area contributed by atoms with E-state index in [2.05, 4.69) is 0 Å². The molecule has 0 fully saturated rings. The van der Waals surface area contributed by atoms with E-state index in [-0.39, 0.29) is 23.7 Å². The average Bonchev–Trinajstić information content (AvgIpc) is 2.92. The topological polar surface area (TPSA) is 96.2 Å². The Morgan fingerprint density at radius 1 is 0.946 bits per heavy atom. The summed E-state index contributed by atoms with van der Waals surface area (Å²) in [6.07, 6.45) is 4.05. The summed E-state index contributed by atoms with van der Waals surface area (Å²) in [5, 5.41) is 10.8. The van der Waals surface area contributed by atoms with Crippen LogP contribution in [0.5, 0.6) is 23.1 Å². The molecule has 37 heavy (non-hydrogen) atoms. The van der Waals surface area contributed by atoms with Crippen LogP contribution in [0.25, 0.3) is 0 Å². The molecule has 196 valence electrons. The van der Waals surface area contributed by atoms with Crippen molar-refractivity contribution in [2.24, 2.45) is 5.92 Å². The van der Waals surface area contributed by atoms with Crippen LogP contribution in [0.15, 0.2) is 71.5 Å². The Hall–Kier alpha value is -4.04. The van der Waals surface area contributed by atoms with Crippen LogP contribution in [0.1, 0.15) is 34.8 Å². The van der Waals surface area contributed by atoms with Gasteiger partial charge in [0.25, 0.3) is 5.56 Å². The van der Waals surface area contributed by atoms with Crippen LogP contribution in [0.2, 0.25) is 0 Å². The summed E-state index contributed by atoms with van der Waals surface area (Å²) >= 11 is 0. The maximum atomic E-state index is 13.4. The van der Waals surface area contributed by atoms with Crippen LogP contribution >= 0.6 is 0 Å². The summed E-state index contributed by atoms with van der Waals surface area (Å²) in [6.45, 7) is 2.70. The molecule has 1 aromatic heterocycles. The lowest BCUT2D eigenvalue weighted by atomic mass is 9.96. The zero-order valence-corrected chi connectivity index (χ0v) is 21.6. The highest BCUT2D eigenvalue weighted by molar-refractivity contribution is 6.00. The van der Waals surface area contributed by atoms with Crippen molar-refractivity contribution in [2.45, 2.75) is 26.5 Å². The predicted molar refractivity (Wildman–Crippen MR) is 141 cm³/mol. The molecule has 0 spiro atoms. The van der Waals surface area contributed by atoms with Crippen molar-refractivity contribution in [3.63, 3.8) is 0 Å². The van der Waals surface area contributed by atoms with Crippen LogP contribution in [0.3, 0.4) is 0 Å². The summed E-state index contributed by atoms with van der Waals surface area (Å²) in [7, 11) is 4.28. The number of ketones is 1. The van der Waals surface area contributed by atoms with Crippen LogP contribution in [-0.4, -0.2) is 43.4 Å². The van der Waals surface area contributed by atoms with E-state index in [0.717, 1.165) is 11.1 Å². The number of nitrogens with zero attached hydrogens (tertiary/aromatic N) is 1. The van der Waals surface area contributed by atoms with E-state index in [4.69, 9.17) is 18.9 Å². The van der Waals surface area contributed by atoms with Crippen molar-refractivity contribution in [1.29, 1.82) is 0 Å². The second kappa shape index (κ2) is 13.3. The normalized spacial score (nSPS) is 11.9. The Bertz CT molecular complexity index is 1260. The summed E-state index contributed by atoms with van der Waals surface area (Å²) < 4.78 is 22.8. The Labute approximate surface area is 216 Å². The van der Waals surface area contributed by atoms with E-state index >= 15 is 0 Å². The van der Waals surface area contributed by atoms with E-state index in [1.165, 1.54) is 18.8 Å². The standard InChI is InChI=1S/C29H33NO7/c1-20(10-8-9-17-37-19-22-11-6-5-7-12-22)25(31)24-26(32)27(35-3)29(36-4)30(28(24)33)18-21-13-15-23(34-2)16-14-21/h5-9,11-16,20,32H,10,17-19H2,1-4H3/b9-8-. The van der Waals surface area contributed by atoms with Crippen molar-refractivity contribution in [1.82, 2.24) is 4.57 Å². The third-order valence-corrected chi connectivity index (χ3v) is 5.92. The molecular formula is C29H33NO7. The van der Waals surface area contributed by atoms with Gasteiger partial charge in [-0.05, 0) is 29.7 Å². The number of benzene rings is 2. The first kappa shape index (κ1) is 27.5. The molecule has 0 aliphatic carbocycles. The number of carbonyl (C=O) groups is 1. The number of aromatic nitrogens is 1. The van der Waals surface area contributed by atoms with E-state index in [1.807, 2.05) is 42.5 Å². The van der Waals surface area contributed by atoms with Gasteiger partial charge in [0.05, 0.1) is 41.1 Å². The van der Waals surface area contributed by atoms with Gasteiger partial charge in [-0.1, -0.05) is 61.5 Å². The van der Waals surface area contributed by atoms with Crippen LogP contribution < -0.4 is 19.8 Å². The molecule has 1 heterocycles. The van der Waals surface area contributed by atoms with Gasteiger partial charge < -0.3 is 24.1 Å². The highest BCUT2D eigenvalue weighted by Gasteiger charge is 2.29. The first-order valence-electron chi connectivity index (χ1n) is 11.9. The van der Waals surface area contributed by atoms with Crippen LogP contribution in [0.4, 0.5) is 0 Å². The highest BCUT2D eigenvalue weighted by Crippen LogP contribution is 2.38. The zero-order chi connectivity index (χ0) is 26.8. The molecule has 3 aromatic rings. The third-order valence-electron chi connectivity index (χ3n) is 5.92. The van der Waals surface area contributed by atoms with E-state index < -0.39 is 23.0 Å². The average molecular weight is 508 g/mol. The molecule has 0 aliphatic rings. The second-order valence-corrected chi connectivity index (χ2v) is 8.48. The Kier molecular flexibility index (Phi) is 9.92. The van der Waals surface area contributed by atoms with Crippen molar-refractivity contribution in [3.05, 3.63) is 93.8 Å². The molecule has 0 radical (unpaired) electrons.